The van der Waals surface area contributed by atoms with Gasteiger partial charge in [-0.05, 0) is 45.8 Å². The molecule has 26 heteroatoms. The molecule has 0 aromatic heterocycles. The fourth-order valence-corrected chi connectivity index (χ4v) is 6.72. The summed E-state index contributed by atoms with van der Waals surface area (Å²) in [7, 11) is -20.6. The van der Waals surface area contributed by atoms with E-state index in [1.165, 1.54) is 0 Å². The molecule has 0 unspecified atom stereocenters. The van der Waals surface area contributed by atoms with Crippen molar-refractivity contribution >= 4 is 63.1 Å². The maximum Gasteiger partial charge on any atom is 1.00 e. The van der Waals surface area contributed by atoms with Crippen LogP contribution in [-0.4, -0.2) is 122 Å². The average Bonchev–Trinajstić information content (AvgIpc) is 3.11. The van der Waals surface area contributed by atoms with E-state index in [0.717, 1.165) is 33.0 Å². The fourth-order valence-electron chi connectivity index (χ4n) is 4.23. The molecule has 312 valence electrons. The molecule has 0 spiro atoms. The molecule has 0 saturated carbocycles. The third-order valence-corrected chi connectivity index (χ3v) is 10.0. The van der Waals surface area contributed by atoms with E-state index in [1.54, 1.807) is 0 Å². The van der Waals surface area contributed by atoms with Gasteiger partial charge in [0.1, 0.15) is 24.7 Å². The molecule has 0 aliphatic carbocycles. The van der Waals surface area contributed by atoms with Crippen LogP contribution in [0.25, 0.3) is 21.5 Å². The van der Waals surface area contributed by atoms with Gasteiger partial charge < -0.3 is 37.5 Å². The smallest absolute Gasteiger partial charge is 0.725 e. The second kappa shape index (κ2) is 29.1. The Morgan fingerprint density at radius 3 is 1.00 bits per heavy atom. The summed E-state index contributed by atoms with van der Waals surface area (Å²) in [6.45, 7) is 0.773. The zero-order valence-corrected chi connectivity index (χ0v) is 40.9. The Kier molecular flexibility index (Phi) is 28.0. The first-order valence-electron chi connectivity index (χ1n) is 16.2. The van der Waals surface area contributed by atoms with E-state index in [2.05, 4.69) is 15.6 Å². The quantitative estimate of drug-likeness (QED) is 0.0251. The summed E-state index contributed by atoms with van der Waals surface area (Å²) in [6, 6.07) is 27.4. The van der Waals surface area contributed by atoms with E-state index in [1.807, 2.05) is 84.9 Å². The van der Waals surface area contributed by atoms with Crippen LogP contribution in [0, 0.1) is 0 Å². The predicted octanol–water partition coefficient (Wildman–Crippen LogP) is -4.01. The maximum absolute atomic E-state index is 10.9. The average molecular weight is 949 g/mol. The van der Waals surface area contributed by atoms with E-state index in [0.29, 0.717) is 26.4 Å². The van der Waals surface area contributed by atoms with Crippen LogP contribution in [0.5, 0.6) is 11.5 Å². The monoisotopic (exact) mass is 948 g/mol. The van der Waals surface area contributed by atoms with Crippen LogP contribution in [0.15, 0.2) is 84.9 Å². The first kappa shape index (κ1) is 55.7. The molecule has 20 nitrogen and oxygen atoms in total. The van der Waals surface area contributed by atoms with Gasteiger partial charge in [0, 0.05) is 0 Å². The van der Waals surface area contributed by atoms with Gasteiger partial charge in [-0.3, -0.25) is 0 Å². The van der Waals surface area contributed by atoms with Crippen LogP contribution in [0.1, 0.15) is 0 Å². The van der Waals surface area contributed by atoms with E-state index in [4.69, 9.17) is 28.4 Å². The van der Waals surface area contributed by atoms with Gasteiger partial charge in [0.25, 0.3) is 0 Å². The van der Waals surface area contributed by atoms with Gasteiger partial charge >= 0.3 is 124 Å². The Morgan fingerprint density at radius 1 is 0.379 bits per heavy atom. The molecule has 4 rings (SSSR count). The largest absolute Gasteiger partial charge is 1.00 e. The van der Waals surface area contributed by atoms with Gasteiger partial charge in [-0.15, -0.1) is 7.26 Å². The summed E-state index contributed by atoms with van der Waals surface area (Å²) in [5.41, 5.74) is 0. The number of hydrogen-bond acceptors (Lipinski definition) is 20. The van der Waals surface area contributed by atoms with Gasteiger partial charge in [0.15, 0.2) is 0 Å². The topological polar surface area (TPSA) is 275 Å². The van der Waals surface area contributed by atoms with E-state index in [9.17, 15) is 42.8 Å². The van der Waals surface area contributed by atoms with Crippen molar-refractivity contribution in [3.05, 3.63) is 84.9 Å². The molecular weight excluding hydrogens is 911 g/mol. The summed E-state index contributed by atoms with van der Waals surface area (Å²) in [4.78, 5) is 0. The Bertz CT molecular complexity index is 2080. The number of rotatable bonds is 26. The second-order valence-electron chi connectivity index (χ2n) is 10.6. The molecule has 4 aromatic carbocycles. The van der Waals surface area contributed by atoms with Gasteiger partial charge in [-0.2, -0.15) is 16.8 Å². The molecule has 0 atom stereocenters. The maximum atomic E-state index is 10.9. The van der Waals surface area contributed by atoms with E-state index in [-0.39, 0.29) is 142 Å². The first-order chi connectivity index (χ1) is 26.5. The summed E-state index contributed by atoms with van der Waals surface area (Å²) in [6.07, 6.45) is 0. The van der Waals surface area contributed by atoms with Crippen molar-refractivity contribution in [2.45, 2.75) is 0 Å². The van der Waals surface area contributed by atoms with Gasteiger partial charge in [-0.25, -0.2) is 25.2 Å². The van der Waals surface area contributed by atoms with Gasteiger partial charge in [-0.1, -0.05) is 60.7 Å². The van der Waals surface area contributed by atoms with Crippen molar-refractivity contribution in [2.24, 2.45) is 0 Å². The molecule has 4 aromatic rings. The van der Waals surface area contributed by atoms with Crippen molar-refractivity contribution in [2.75, 3.05) is 79.3 Å². The van der Waals surface area contributed by atoms with Crippen molar-refractivity contribution in [3.63, 3.8) is 0 Å². The van der Waals surface area contributed by atoms with E-state index < -0.39 is 54.8 Å². The Hall–Kier alpha value is -0.327. The minimum absolute atomic E-state index is 0. The Balaban J connectivity index is 0.000000561. The van der Waals surface area contributed by atoms with Crippen LogP contribution < -0.4 is 112 Å². The van der Waals surface area contributed by atoms with Crippen molar-refractivity contribution in [1.82, 2.24) is 0 Å². The molecule has 0 aliphatic rings. The number of benzene rings is 4. The predicted molar refractivity (Wildman–Crippen MR) is 193 cm³/mol. The minimum atomic E-state index is -5.41. The molecule has 0 saturated heterocycles. The molecule has 58 heavy (non-hydrogen) atoms. The molecule has 0 amide bonds. The fraction of sp³-hybridized carbons (Fsp3) is 0.375. The van der Waals surface area contributed by atoms with Crippen molar-refractivity contribution in [3.8, 4) is 11.5 Å². The second-order valence-corrected chi connectivity index (χ2v) is 15.4. The van der Waals surface area contributed by atoms with Gasteiger partial charge in [0.05, 0.1) is 66.1 Å². The third kappa shape index (κ3) is 26.2. The van der Waals surface area contributed by atoms with Crippen LogP contribution in [0.4, 0.5) is 0 Å². The molecule has 0 radical (unpaired) electrons. The van der Waals surface area contributed by atoms with Crippen LogP contribution in [0.2, 0.25) is 0 Å². The Labute approximate surface area is 422 Å². The van der Waals surface area contributed by atoms with Crippen LogP contribution in [0.3, 0.4) is 0 Å². The number of fused-ring (bicyclic) bond motifs is 2. The SMILES string of the molecule is O=S(=O)([O-])OS(=O)(=O)OCCOCCOCCOc1ccc2ccccc2c1.O=S(=O)([O-])OS(=O)(=O)OCCOCCOCCOc1ccc2ccccc2c1.[K+].[K+]. The molecular formula is C32H38K2O20S4. The Morgan fingerprint density at radius 2 is 0.672 bits per heavy atom. The van der Waals surface area contributed by atoms with Gasteiger partial charge in [0.2, 0.25) is 20.8 Å². The third-order valence-electron chi connectivity index (χ3n) is 6.42. The zero-order chi connectivity index (χ0) is 40.9. The molecule has 0 bridgehead atoms. The molecule has 0 N–H and O–H groups in total. The number of ether oxygens (including phenoxy) is 6. The summed E-state index contributed by atoms with van der Waals surface area (Å²) in [5.74, 6) is 1.47. The van der Waals surface area contributed by atoms with Crippen molar-refractivity contribution in [1.29, 1.82) is 0 Å². The zero-order valence-electron chi connectivity index (χ0n) is 31.4. The molecule has 0 heterocycles. The minimum Gasteiger partial charge on any atom is -0.725 e. The molecule has 0 aliphatic heterocycles. The summed E-state index contributed by atoms with van der Waals surface area (Å²) in [5, 5.41) is 4.41. The standard InChI is InChI=1S/2C16H20O10S2.2K/c2*17-27(18,19)26-28(20,21)25-12-10-23-8-7-22-9-11-24-16-6-5-14-3-1-2-4-15(14)13-16;;/h2*1-6,13H,7-12H2,(H,17,18,19);;/q;;2*+1/p-2. The molecule has 0 fully saturated rings. The van der Waals surface area contributed by atoms with Crippen LogP contribution in [-0.2, 0) is 76.2 Å². The van der Waals surface area contributed by atoms with Crippen LogP contribution >= 0.6 is 0 Å². The number of hydrogen-bond donors (Lipinski definition) is 0. The normalized spacial score (nSPS) is 11.9. The van der Waals surface area contributed by atoms with E-state index >= 15 is 0 Å². The summed E-state index contributed by atoms with van der Waals surface area (Å²) < 4.78 is 151. The first-order valence-corrected chi connectivity index (χ1v) is 21.5. The summed E-state index contributed by atoms with van der Waals surface area (Å²) >= 11 is 0. The van der Waals surface area contributed by atoms with Crippen molar-refractivity contribution < 1.29 is 190 Å².